The van der Waals surface area contributed by atoms with Gasteiger partial charge in [-0.25, -0.2) is 13.2 Å². The summed E-state index contributed by atoms with van der Waals surface area (Å²) in [6, 6.07) is 22.8. The number of methoxy groups -OCH3 is 1. The first-order valence-electron chi connectivity index (χ1n) is 10.0. The lowest BCUT2D eigenvalue weighted by molar-refractivity contribution is -0.150. The molecule has 0 aliphatic carbocycles. The fourth-order valence-electron chi connectivity index (χ4n) is 2.89. The third-order valence-corrected chi connectivity index (χ3v) is 6.08. The molecular formula is C25H23NO6S. The van der Waals surface area contributed by atoms with Crippen LogP contribution in [0.1, 0.15) is 12.0 Å². The number of sulfonamides is 1. The maximum absolute atomic E-state index is 12.5. The SMILES string of the molecule is COc1ccc(-c2ccc(S(=O)(=O)NCO[C@H](CC#Cc3ccccc3)C(=O)O)cc2)cc1. The lowest BCUT2D eigenvalue weighted by atomic mass is 10.1. The Kier molecular flexibility index (Phi) is 8.22. The molecule has 8 heteroatoms. The molecule has 0 saturated carbocycles. The molecule has 0 aliphatic rings. The maximum atomic E-state index is 12.5. The van der Waals surface area contributed by atoms with E-state index in [0.717, 1.165) is 22.4 Å². The molecule has 3 aromatic carbocycles. The Morgan fingerprint density at radius 1 is 0.970 bits per heavy atom. The number of carboxylic acids is 1. The van der Waals surface area contributed by atoms with Crippen LogP contribution in [0.5, 0.6) is 5.75 Å². The summed E-state index contributed by atoms with van der Waals surface area (Å²) in [4.78, 5) is 11.4. The molecule has 0 fully saturated rings. The minimum Gasteiger partial charge on any atom is -0.497 e. The summed E-state index contributed by atoms with van der Waals surface area (Å²) in [6.07, 6.45) is -1.34. The maximum Gasteiger partial charge on any atom is 0.333 e. The van der Waals surface area contributed by atoms with Crippen molar-refractivity contribution >= 4 is 16.0 Å². The number of aliphatic carboxylic acids is 1. The van der Waals surface area contributed by atoms with E-state index < -0.39 is 28.8 Å². The van der Waals surface area contributed by atoms with E-state index in [9.17, 15) is 18.3 Å². The van der Waals surface area contributed by atoms with Gasteiger partial charge in [0.25, 0.3) is 0 Å². The monoisotopic (exact) mass is 465 g/mol. The molecule has 0 spiro atoms. The van der Waals surface area contributed by atoms with Crippen molar-refractivity contribution in [3.05, 3.63) is 84.4 Å². The minimum absolute atomic E-state index is 0.0408. The lowest BCUT2D eigenvalue weighted by Gasteiger charge is -2.12. The molecular weight excluding hydrogens is 442 g/mol. The second kappa shape index (κ2) is 11.3. The summed E-state index contributed by atoms with van der Waals surface area (Å²) in [5.41, 5.74) is 2.51. The molecule has 0 aromatic heterocycles. The first-order valence-corrected chi connectivity index (χ1v) is 11.5. The van der Waals surface area contributed by atoms with Crippen LogP contribution in [-0.4, -0.2) is 39.4 Å². The number of ether oxygens (including phenoxy) is 2. The van der Waals surface area contributed by atoms with Gasteiger partial charge in [-0.15, -0.1) is 0 Å². The molecule has 3 rings (SSSR count). The van der Waals surface area contributed by atoms with Crippen LogP contribution >= 0.6 is 0 Å². The van der Waals surface area contributed by atoms with Gasteiger partial charge in [0.2, 0.25) is 10.0 Å². The van der Waals surface area contributed by atoms with Gasteiger partial charge in [0, 0.05) is 12.0 Å². The molecule has 0 saturated heterocycles. The molecule has 7 nitrogen and oxygen atoms in total. The standard InChI is InChI=1S/C25H23NO6S/c1-31-22-14-10-20(11-15-22)21-12-16-23(17-13-21)33(29,30)26-18-32-24(25(27)28)9-5-8-19-6-3-2-4-7-19/h2-4,6-7,10-17,24,26H,9,18H2,1H3,(H,27,28)/t24-/m1/s1. The van der Waals surface area contributed by atoms with E-state index in [1.807, 2.05) is 42.5 Å². The number of carbonyl (C=O) groups is 1. The summed E-state index contributed by atoms with van der Waals surface area (Å²) in [5.74, 6) is 5.11. The molecule has 1 atom stereocenters. The zero-order valence-corrected chi connectivity index (χ0v) is 18.7. The van der Waals surface area contributed by atoms with Gasteiger partial charge in [-0.3, -0.25) is 0 Å². The van der Waals surface area contributed by atoms with Gasteiger partial charge in [0.1, 0.15) is 12.5 Å². The van der Waals surface area contributed by atoms with Crippen molar-refractivity contribution in [2.45, 2.75) is 17.4 Å². The first kappa shape index (κ1) is 24.0. The Bertz CT molecular complexity index is 1230. The average molecular weight is 466 g/mol. The van der Waals surface area contributed by atoms with Crippen LogP contribution in [0.15, 0.2) is 83.8 Å². The summed E-state index contributed by atoms with van der Waals surface area (Å²) in [6.45, 7) is -0.494. The van der Waals surface area contributed by atoms with Crippen LogP contribution < -0.4 is 9.46 Å². The highest BCUT2D eigenvalue weighted by Crippen LogP contribution is 2.23. The highest BCUT2D eigenvalue weighted by Gasteiger charge is 2.19. The van der Waals surface area contributed by atoms with Crippen LogP contribution in [0.3, 0.4) is 0 Å². The highest BCUT2D eigenvalue weighted by atomic mass is 32.2. The van der Waals surface area contributed by atoms with Crippen molar-refractivity contribution in [1.82, 2.24) is 4.72 Å². The number of carboxylic acid groups (broad SMARTS) is 1. The van der Waals surface area contributed by atoms with Crippen molar-refractivity contribution in [3.8, 4) is 28.7 Å². The first-order chi connectivity index (χ1) is 15.9. The van der Waals surface area contributed by atoms with Crippen molar-refractivity contribution in [2.24, 2.45) is 0 Å². The Hall–Kier alpha value is -3.64. The zero-order chi connectivity index (χ0) is 23.7. The Labute approximate surface area is 193 Å². The fourth-order valence-corrected chi connectivity index (χ4v) is 3.77. The summed E-state index contributed by atoms with van der Waals surface area (Å²) in [7, 11) is -2.29. The Balaban J connectivity index is 1.57. The van der Waals surface area contributed by atoms with Crippen molar-refractivity contribution in [3.63, 3.8) is 0 Å². The van der Waals surface area contributed by atoms with Crippen LogP contribution in [0.4, 0.5) is 0 Å². The van der Waals surface area contributed by atoms with Gasteiger partial charge in [-0.1, -0.05) is 54.3 Å². The van der Waals surface area contributed by atoms with E-state index in [2.05, 4.69) is 16.6 Å². The number of benzene rings is 3. The zero-order valence-electron chi connectivity index (χ0n) is 17.9. The van der Waals surface area contributed by atoms with Gasteiger partial charge in [-0.05, 0) is 47.5 Å². The predicted molar refractivity (Wildman–Crippen MR) is 124 cm³/mol. The molecule has 0 aliphatic heterocycles. The van der Waals surface area contributed by atoms with E-state index in [0.29, 0.717) is 0 Å². The summed E-state index contributed by atoms with van der Waals surface area (Å²) < 4.78 is 37.7. The predicted octanol–water partition coefficient (Wildman–Crippen LogP) is 3.51. The number of nitrogens with one attached hydrogen (secondary N) is 1. The number of hydrogen-bond donors (Lipinski definition) is 2. The van der Waals surface area contributed by atoms with E-state index in [1.54, 1.807) is 31.4 Å². The quantitative estimate of drug-likeness (QED) is 0.370. The van der Waals surface area contributed by atoms with Crippen LogP contribution in [0, 0.1) is 11.8 Å². The van der Waals surface area contributed by atoms with Crippen molar-refractivity contribution < 1.29 is 27.8 Å². The Morgan fingerprint density at radius 2 is 1.58 bits per heavy atom. The largest absolute Gasteiger partial charge is 0.497 e. The third kappa shape index (κ3) is 6.92. The van der Waals surface area contributed by atoms with Crippen molar-refractivity contribution in [2.75, 3.05) is 13.8 Å². The lowest BCUT2D eigenvalue weighted by Crippen LogP contribution is -2.32. The third-order valence-electron chi connectivity index (χ3n) is 4.69. The van der Waals surface area contributed by atoms with Crippen LogP contribution in [0.2, 0.25) is 0 Å². The fraction of sp³-hybridized carbons (Fsp3) is 0.160. The molecule has 33 heavy (non-hydrogen) atoms. The van der Waals surface area contributed by atoms with Gasteiger partial charge in [0.05, 0.1) is 12.0 Å². The van der Waals surface area contributed by atoms with Crippen molar-refractivity contribution in [1.29, 1.82) is 0 Å². The van der Waals surface area contributed by atoms with Gasteiger partial charge in [0.15, 0.2) is 6.10 Å². The molecule has 0 amide bonds. The molecule has 0 bridgehead atoms. The van der Waals surface area contributed by atoms with Crippen LogP contribution in [0.25, 0.3) is 11.1 Å². The van der Waals surface area contributed by atoms with Gasteiger partial charge < -0.3 is 14.6 Å². The van der Waals surface area contributed by atoms with E-state index in [1.165, 1.54) is 12.1 Å². The van der Waals surface area contributed by atoms with E-state index in [4.69, 9.17) is 9.47 Å². The normalized spacial score (nSPS) is 11.8. The molecule has 170 valence electrons. The Morgan fingerprint density at radius 3 is 2.15 bits per heavy atom. The van der Waals surface area contributed by atoms with E-state index >= 15 is 0 Å². The molecule has 2 N–H and O–H groups in total. The van der Waals surface area contributed by atoms with Gasteiger partial charge in [-0.2, -0.15) is 4.72 Å². The summed E-state index contributed by atoms with van der Waals surface area (Å²) in [5, 5.41) is 9.31. The van der Waals surface area contributed by atoms with Gasteiger partial charge >= 0.3 is 5.97 Å². The second-order valence-corrected chi connectivity index (χ2v) is 8.68. The van der Waals surface area contributed by atoms with E-state index in [-0.39, 0.29) is 11.3 Å². The molecule has 0 unspecified atom stereocenters. The second-order valence-electron chi connectivity index (χ2n) is 6.91. The smallest absolute Gasteiger partial charge is 0.333 e. The average Bonchev–Trinajstić information content (AvgIpc) is 2.83. The number of rotatable bonds is 9. The molecule has 0 radical (unpaired) electrons. The highest BCUT2D eigenvalue weighted by molar-refractivity contribution is 7.89. The number of hydrogen-bond acceptors (Lipinski definition) is 5. The molecule has 3 aromatic rings. The summed E-state index contributed by atoms with van der Waals surface area (Å²) >= 11 is 0. The topological polar surface area (TPSA) is 102 Å². The van der Waals surface area contributed by atoms with Crippen LogP contribution in [-0.2, 0) is 19.6 Å². The minimum atomic E-state index is -3.88. The molecule has 0 heterocycles.